The molecule has 9 N–H and O–H groups in total. The number of carbonyl (C=O) groups is 3. The van der Waals surface area contributed by atoms with E-state index < -0.39 is 60.5 Å². The van der Waals surface area contributed by atoms with E-state index in [2.05, 4.69) is 15.6 Å². The van der Waals surface area contributed by atoms with Gasteiger partial charge in [0.05, 0.1) is 24.6 Å². The minimum absolute atomic E-state index is 0.0494. The first-order valence-electron chi connectivity index (χ1n) is 10.4. The Kier molecular flexibility index (Phi) is 7.68. The molecule has 0 aliphatic carbocycles. The fourth-order valence-corrected chi connectivity index (χ4v) is 3.67. The summed E-state index contributed by atoms with van der Waals surface area (Å²) < 4.78 is 5.56. The van der Waals surface area contributed by atoms with Crippen molar-refractivity contribution in [1.82, 2.24) is 20.5 Å². The molecule has 1 saturated heterocycles. The number of nitrogens with zero attached hydrogens (tertiary/aromatic N) is 2. The third-order valence-electron chi connectivity index (χ3n) is 5.79. The number of hydrogen-bond acceptors (Lipinski definition) is 11. The molecule has 0 radical (unpaired) electrons. The monoisotopic (exact) mass is 481 g/mol. The standard InChI is InChI=1S/C20H27N5O9/c1-8(14(28)10-3-2-9(26)6-22-10)12(21)18(31)24-13(20(32)33)17-15(29)16(30)19(34-17)25-5-4-11(27)23-7-25/h2-6,8,12-17,19,26,28-30H,7,21H2,1H3,(H,23,27)(H,24,31)(H,32,33)/t8-,12-,13-,14+,15+,16-,17+,19+/m0/s1. The van der Waals surface area contributed by atoms with E-state index in [1.54, 1.807) is 0 Å². The van der Waals surface area contributed by atoms with Gasteiger partial charge in [-0.2, -0.15) is 0 Å². The molecule has 3 heterocycles. The summed E-state index contributed by atoms with van der Waals surface area (Å²) in [5.41, 5.74) is 6.09. The normalized spacial score (nSPS) is 28.0. The molecule has 2 amide bonds. The Hall–Kier alpha value is -3.30. The number of aromatic nitrogens is 1. The van der Waals surface area contributed by atoms with Gasteiger partial charge in [-0.25, -0.2) is 4.79 Å². The van der Waals surface area contributed by atoms with Crippen LogP contribution in [0.15, 0.2) is 30.6 Å². The van der Waals surface area contributed by atoms with Gasteiger partial charge in [0.25, 0.3) is 0 Å². The van der Waals surface area contributed by atoms with E-state index in [1.807, 2.05) is 0 Å². The number of carboxylic acid groups (broad SMARTS) is 1. The second-order valence-electron chi connectivity index (χ2n) is 8.10. The minimum Gasteiger partial charge on any atom is -0.506 e. The third-order valence-corrected chi connectivity index (χ3v) is 5.79. The van der Waals surface area contributed by atoms with Gasteiger partial charge in [0, 0.05) is 18.2 Å². The third kappa shape index (κ3) is 5.26. The highest BCUT2D eigenvalue weighted by atomic mass is 16.6. The van der Waals surface area contributed by atoms with Crippen LogP contribution in [0, 0.1) is 5.92 Å². The Bertz CT molecular complexity index is 943. The van der Waals surface area contributed by atoms with Crippen LogP contribution in [0.1, 0.15) is 18.7 Å². The second-order valence-corrected chi connectivity index (χ2v) is 8.10. The molecule has 0 saturated carbocycles. The lowest BCUT2D eigenvalue weighted by molar-refractivity contribution is -0.150. The number of ether oxygens (including phenoxy) is 1. The van der Waals surface area contributed by atoms with Gasteiger partial charge in [-0.15, -0.1) is 0 Å². The van der Waals surface area contributed by atoms with Crippen LogP contribution in [0.5, 0.6) is 5.75 Å². The number of rotatable bonds is 8. The Morgan fingerprint density at radius 1 is 1.32 bits per heavy atom. The fraction of sp³-hybridized carbons (Fsp3) is 0.500. The van der Waals surface area contributed by atoms with Crippen LogP contribution < -0.4 is 16.4 Å². The van der Waals surface area contributed by atoms with Crippen molar-refractivity contribution in [2.24, 2.45) is 11.7 Å². The van der Waals surface area contributed by atoms with Crippen LogP contribution >= 0.6 is 0 Å². The maximum absolute atomic E-state index is 12.7. The maximum atomic E-state index is 12.7. The molecule has 34 heavy (non-hydrogen) atoms. The maximum Gasteiger partial charge on any atom is 0.329 e. The molecule has 0 aromatic carbocycles. The molecule has 0 spiro atoms. The zero-order chi connectivity index (χ0) is 25.2. The highest BCUT2D eigenvalue weighted by Gasteiger charge is 2.51. The Labute approximate surface area is 193 Å². The molecule has 2 aliphatic rings. The second kappa shape index (κ2) is 10.3. The Balaban J connectivity index is 1.69. The Morgan fingerprint density at radius 2 is 2.03 bits per heavy atom. The number of aliphatic hydroxyl groups excluding tert-OH is 3. The fourth-order valence-electron chi connectivity index (χ4n) is 3.67. The van der Waals surface area contributed by atoms with Crippen molar-refractivity contribution in [2.45, 2.75) is 49.7 Å². The lowest BCUT2D eigenvalue weighted by atomic mass is 9.92. The number of aliphatic hydroxyl groups is 3. The average Bonchev–Trinajstić information content (AvgIpc) is 3.10. The largest absolute Gasteiger partial charge is 0.506 e. The molecule has 1 aromatic rings. The van der Waals surface area contributed by atoms with Crippen molar-refractivity contribution < 1.29 is 44.7 Å². The number of nitrogens with two attached hydrogens (primary N) is 1. The molecular weight excluding hydrogens is 454 g/mol. The molecule has 0 bridgehead atoms. The van der Waals surface area contributed by atoms with Gasteiger partial charge in [0.15, 0.2) is 12.3 Å². The number of amides is 2. The number of pyridine rings is 1. The van der Waals surface area contributed by atoms with Crippen LogP contribution in [0.2, 0.25) is 0 Å². The van der Waals surface area contributed by atoms with Crippen LogP contribution in [0.4, 0.5) is 0 Å². The van der Waals surface area contributed by atoms with Gasteiger partial charge in [-0.05, 0) is 12.1 Å². The Morgan fingerprint density at radius 3 is 2.59 bits per heavy atom. The van der Waals surface area contributed by atoms with Crippen molar-refractivity contribution in [3.8, 4) is 5.75 Å². The van der Waals surface area contributed by atoms with Gasteiger partial charge in [0.1, 0.15) is 30.2 Å². The van der Waals surface area contributed by atoms with Crippen LogP contribution in [0.25, 0.3) is 0 Å². The summed E-state index contributed by atoms with van der Waals surface area (Å²) in [6, 6.07) is -0.517. The van der Waals surface area contributed by atoms with E-state index in [0.717, 1.165) is 6.20 Å². The van der Waals surface area contributed by atoms with Crippen molar-refractivity contribution in [1.29, 1.82) is 0 Å². The van der Waals surface area contributed by atoms with Gasteiger partial charge < -0.3 is 51.5 Å². The smallest absolute Gasteiger partial charge is 0.329 e. The highest BCUT2D eigenvalue weighted by Crippen LogP contribution is 2.28. The van der Waals surface area contributed by atoms with E-state index in [1.165, 1.54) is 36.2 Å². The number of aliphatic carboxylic acids is 1. The summed E-state index contributed by atoms with van der Waals surface area (Å²) in [5, 5.41) is 54.9. The summed E-state index contributed by atoms with van der Waals surface area (Å²) >= 11 is 0. The molecule has 3 rings (SSSR count). The molecule has 1 fully saturated rings. The number of hydrogen-bond donors (Lipinski definition) is 8. The van der Waals surface area contributed by atoms with Crippen LogP contribution in [0.3, 0.4) is 0 Å². The van der Waals surface area contributed by atoms with Crippen LogP contribution in [-0.2, 0) is 19.1 Å². The van der Waals surface area contributed by atoms with Crippen molar-refractivity contribution in [2.75, 3.05) is 6.67 Å². The van der Waals surface area contributed by atoms with Gasteiger partial charge in [-0.1, -0.05) is 6.92 Å². The van der Waals surface area contributed by atoms with Gasteiger partial charge >= 0.3 is 5.97 Å². The van der Waals surface area contributed by atoms with E-state index in [9.17, 15) is 39.9 Å². The molecule has 8 atom stereocenters. The molecule has 14 heteroatoms. The first kappa shape index (κ1) is 25.3. The number of nitrogens with one attached hydrogen (secondary N) is 2. The SMILES string of the molecule is C[C@@H]([C@H](N)C(=O)N[C@H](C(=O)O)[C@H]1O[C@@H](N2C=CC(=O)NC2)[C@@H](O)[C@H]1O)[C@@H](O)c1ccc(O)cn1. The summed E-state index contributed by atoms with van der Waals surface area (Å²) in [5.74, 6) is -3.90. The average molecular weight is 481 g/mol. The molecule has 0 unspecified atom stereocenters. The zero-order valence-electron chi connectivity index (χ0n) is 18.1. The van der Waals surface area contributed by atoms with Gasteiger partial charge in [0.2, 0.25) is 11.8 Å². The topological polar surface area (TPSA) is 228 Å². The van der Waals surface area contributed by atoms with Crippen LogP contribution in [-0.4, -0.2) is 96.5 Å². The lowest BCUT2D eigenvalue weighted by Crippen LogP contribution is -2.57. The van der Waals surface area contributed by atoms with Crippen molar-refractivity contribution in [3.05, 3.63) is 36.3 Å². The molecular formula is C20H27N5O9. The molecule has 14 nitrogen and oxygen atoms in total. The quantitative estimate of drug-likeness (QED) is 0.183. The first-order valence-corrected chi connectivity index (χ1v) is 10.4. The van der Waals surface area contributed by atoms with E-state index in [0.29, 0.717) is 0 Å². The highest BCUT2D eigenvalue weighted by molar-refractivity contribution is 5.88. The first-order chi connectivity index (χ1) is 16.0. The summed E-state index contributed by atoms with van der Waals surface area (Å²) in [6.07, 6.45) is -3.65. The molecule has 2 aliphatic heterocycles. The molecule has 1 aromatic heterocycles. The predicted molar refractivity (Wildman–Crippen MR) is 112 cm³/mol. The van der Waals surface area contributed by atoms with Crippen molar-refractivity contribution >= 4 is 17.8 Å². The summed E-state index contributed by atoms with van der Waals surface area (Å²) in [6.45, 7) is 1.41. The zero-order valence-corrected chi connectivity index (χ0v) is 18.1. The number of carbonyl (C=O) groups excluding carboxylic acids is 2. The van der Waals surface area contributed by atoms with E-state index in [-0.39, 0.29) is 24.0 Å². The number of aromatic hydroxyl groups is 1. The van der Waals surface area contributed by atoms with Gasteiger partial charge in [-0.3, -0.25) is 14.6 Å². The lowest BCUT2D eigenvalue weighted by Gasteiger charge is -2.31. The minimum atomic E-state index is -1.78. The van der Waals surface area contributed by atoms with E-state index >= 15 is 0 Å². The van der Waals surface area contributed by atoms with E-state index in [4.69, 9.17) is 10.5 Å². The molecule has 186 valence electrons. The number of carboxylic acids is 1. The summed E-state index contributed by atoms with van der Waals surface area (Å²) in [4.78, 5) is 41.1. The predicted octanol–water partition coefficient (Wildman–Crippen LogP) is -3.30. The summed E-state index contributed by atoms with van der Waals surface area (Å²) in [7, 11) is 0. The van der Waals surface area contributed by atoms with Crippen molar-refractivity contribution in [3.63, 3.8) is 0 Å².